The van der Waals surface area contributed by atoms with Crippen molar-refractivity contribution >= 4 is 5.97 Å². The standard InChI is InChI=1S/C20H23F3O3/c1-18-13-7-6-8-14(18)11-12-16(18)26-17(24)19(25-2,20(21,22)23)15-9-4-3-5-10-15/h3-5,8-10,16H,6-7,11-13H2,1-2H3/t16-,18-,19+/m0/s1. The molecule has 3 atom stereocenters. The smallest absolute Gasteiger partial charge is 0.432 e. The number of carbonyl (C=O) groups excluding carboxylic acids is 1. The molecule has 0 N–H and O–H groups in total. The molecular formula is C20H23F3O3. The lowest BCUT2D eigenvalue weighted by Crippen LogP contribution is -2.53. The zero-order valence-electron chi connectivity index (χ0n) is 14.9. The average Bonchev–Trinajstić information content (AvgIpc) is 2.92. The summed E-state index contributed by atoms with van der Waals surface area (Å²) in [6.07, 6.45) is 0.663. The third-order valence-corrected chi connectivity index (χ3v) is 5.83. The number of alkyl halides is 3. The maximum Gasteiger partial charge on any atom is 0.432 e. The summed E-state index contributed by atoms with van der Waals surface area (Å²) in [5, 5.41) is 0. The van der Waals surface area contributed by atoms with Gasteiger partial charge in [-0.2, -0.15) is 13.2 Å². The van der Waals surface area contributed by atoms with Gasteiger partial charge in [-0.25, -0.2) is 4.79 Å². The molecule has 0 saturated heterocycles. The molecule has 0 spiro atoms. The van der Waals surface area contributed by atoms with Crippen LogP contribution in [0.1, 0.15) is 44.6 Å². The summed E-state index contributed by atoms with van der Waals surface area (Å²) in [5.41, 5.74) is -2.58. The van der Waals surface area contributed by atoms with E-state index in [1.165, 1.54) is 29.8 Å². The maximum absolute atomic E-state index is 14.0. The highest BCUT2D eigenvalue weighted by atomic mass is 19.4. The number of hydrogen-bond acceptors (Lipinski definition) is 3. The second-order valence-corrected chi connectivity index (χ2v) is 7.22. The number of allylic oxidation sites excluding steroid dienone is 1. The predicted octanol–water partition coefficient (Wildman–Crippen LogP) is 4.91. The number of fused-ring (bicyclic) bond motifs is 1. The van der Waals surface area contributed by atoms with Gasteiger partial charge in [0.2, 0.25) is 0 Å². The van der Waals surface area contributed by atoms with Crippen molar-refractivity contribution in [3.63, 3.8) is 0 Å². The van der Waals surface area contributed by atoms with Crippen LogP contribution in [0.15, 0.2) is 42.0 Å². The summed E-state index contributed by atoms with van der Waals surface area (Å²) in [6.45, 7) is 1.98. The first-order valence-electron chi connectivity index (χ1n) is 8.83. The number of rotatable bonds is 4. The highest BCUT2D eigenvalue weighted by Crippen LogP contribution is 2.52. The molecule has 3 rings (SSSR count). The van der Waals surface area contributed by atoms with Crippen LogP contribution in [-0.4, -0.2) is 25.4 Å². The van der Waals surface area contributed by atoms with Crippen LogP contribution in [0.2, 0.25) is 0 Å². The minimum Gasteiger partial charge on any atom is -0.459 e. The van der Waals surface area contributed by atoms with E-state index >= 15 is 0 Å². The number of hydrogen-bond donors (Lipinski definition) is 0. The molecule has 1 aromatic carbocycles. The topological polar surface area (TPSA) is 35.5 Å². The SMILES string of the molecule is CO[C@@](C(=O)O[C@H]1CCC2=CCCC[C@@]21C)(c1ccccc1)C(F)(F)F. The van der Waals surface area contributed by atoms with Gasteiger partial charge in [-0.3, -0.25) is 0 Å². The molecule has 1 aromatic rings. The van der Waals surface area contributed by atoms with Crippen LogP contribution in [0.25, 0.3) is 0 Å². The first kappa shape index (κ1) is 19.0. The van der Waals surface area contributed by atoms with Crippen molar-refractivity contribution < 1.29 is 27.4 Å². The average molecular weight is 368 g/mol. The molecule has 0 amide bonds. The monoisotopic (exact) mass is 368 g/mol. The quantitative estimate of drug-likeness (QED) is 0.559. The number of methoxy groups -OCH3 is 1. The Morgan fingerprint density at radius 1 is 1.23 bits per heavy atom. The minimum atomic E-state index is -4.94. The second-order valence-electron chi connectivity index (χ2n) is 7.22. The van der Waals surface area contributed by atoms with E-state index in [9.17, 15) is 18.0 Å². The molecule has 0 unspecified atom stereocenters. The number of esters is 1. The molecule has 0 heterocycles. The largest absolute Gasteiger partial charge is 0.459 e. The summed E-state index contributed by atoms with van der Waals surface area (Å²) < 4.78 is 52.2. The van der Waals surface area contributed by atoms with Gasteiger partial charge >= 0.3 is 12.1 Å². The van der Waals surface area contributed by atoms with Gasteiger partial charge in [0, 0.05) is 18.1 Å². The van der Waals surface area contributed by atoms with Crippen molar-refractivity contribution in [1.29, 1.82) is 0 Å². The number of halogens is 3. The van der Waals surface area contributed by atoms with E-state index in [1.807, 2.05) is 6.92 Å². The Bertz CT molecular complexity index is 698. The lowest BCUT2D eigenvalue weighted by molar-refractivity contribution is -0.279. The fourth-order valence-corrected chi connectivity index (χ4v) is 4.29. The summed E-state index contributed by atoms with van der Waals surface area (Å²) in [7, 11) is 0.893. The van der Waals surface area contributed by atoms with Crippen LogP contribution in [0.3, 0.4) is 0 Å². The molecule has 0 aliphatic heterocycles. The van der Waals surface area contributed by atoms with E-state index in [-0.39, 0.29) is 11.0 Å². The Kier molecular flexibility index (Phi) is 4.90. The Labute approximate surface area is 151 Å². The lowest BCUT2D eigenvalue weighted by Gasteiger charge is -2.38. The van der Waals surface area contributed by atoms with Gasteiger partial charge in [-0.05, 0) is 32.1 Å². The van der Waals surface area contributed by atoms with Crippen LogP contribution in [-0.2, 0) is 19.9 Å². The molecule has 2 aliphatic carbocycles. The molecule has 0 aromatic heterocycles. The second kappa shape index (κ2) is 6.72. The van der Waals surface area contributed by atoms with E-state index in [4.69, 9.17) is 9.47 Å². The lowest BCUT2D eigenvalue weighted by atomic mass is 9.74. The maximum atomic E-state index is 14.0. The molecule has 0 bridgehead atoms. The Hall–Kier alpha value is -1.82. The molecule has 1 fully saturated rings. The van der Waals surface area contributed by atoms with Crippen molar-refractivity contribution in [2.75, 3.05) is 7.11 Å². The van der Waals surface area contributed by atoms with Gasteiger partial charge in [0.15, 0.2) is 0 Å². The van der Waals surface area contributed by atoms with Gasteiger partial charge in [0.25, 0.3) is 5.60 Å². The zero-order chi connectivity index (χ0) is 19.0. The van der Waals surface area contributed by atoms with Gasteiger partial charge in [-0.1, -0.05) is 48.9 Å². The van der Waals surface area contributed by atoms with E-state index < -0.39 is 23.9 Å². The van der Waals surface area contributed by atoms with Crippen molar-refractivity contribution in [3.05, 3.63) is 47.5 Å². The molecule has 0 radical (unpaired) electrons. The summed E-state index contributed by atoms with van der Waals surface area (Å²) >= 11 is 0. The Morgan fingerprint density at radius 3 is 2.54 bits per heavy atom. The summed E-state index contributed by atoms with van der Waals surface area (Å²) in [4.78, 5) is 12.8. The van der Waals surface area contributed by atoms with Crippen molar-refractivity contribution in [2.24, 2.45) is 5.41 Å². The summed E-state index contributed by atoms with van der Waals surface area (Å²) in [5.74, 6) is -1.39. The molecular weight excluding hydrogens is 345 g/mol. The predicted molar refractivity (Wildman–Crippen MR) is 90.3 cm³/mol. The first-order chi connectivity index (χ1) is 12.3. The molecule has 6 heteroatoms. The minimum absolute atomic E-state index is 0.275. The van der Waals surface area contributed by atoms with Gasteiger partial charge in [0.1, 0.15) is 6.10 Å². The van der Waals surface area contributed by atoms with Crippen molar-refractivity contribution in [3.8, 4) is 0 Å². The van der Waals surface area contributed by atoms with Crippen molar-refractivity contribution in [2.45, 2.75) is 56.9 Å². The van der Waals surface area contributed by atoms with Gasteiger partial charge < -0.3 is 9.47 Å². The Balaban J connectivity index is 1.95. The summed E-state index contributed by atoms with van der Waals surface area (Å²) in [6, 6.07) is 6.95. The third kappa shape index (κ3) is 2.84. The first-order valence-corrected chi connectivity index (χ1v) is 8.83. The molecule has 26 heavy (non-hydrogen) atoms. The molecule has 1 saturated carbocycles. The zero-order valence-corrected chi connectivity index (χ0v) is 14.9. The highest BCUT2D eigenvalue weighted by molar-refractivity contribution is 5.83. The van der Waals surface area contributed by atoms with Gasteiger partial charge in [0.05, 0.1) is 0 Å². The molecule has 2 aliphatic rings. The number of carbonyl (C=O) groups is 1. The van der Waals surface area contributed by atoms with Gasteiger partial charge in [-0.15, -0.1) is 0 Å². The Morgan fingerprint density at radius 2 is 1.92 bits per heavy atom. The van der Waals surface area contributed by atoms with Crippen LogP contribution in [0.5, 0.6) is 0 Å². The highest BCUT2D eigenvalue weighted by Gasteiger charge is 2.65. The third-order valence-electron chi connectivity index (χ3n) is 5.83. The van der Waals surface area contributed by atoms with Crippen LogP contribution < -0.4 is 0 Å². The van der Waals surface area contributed by atoms with E-state index in [1.54, 1.807) is 6.07 Å². The van der Waals surface area contributed by atoms with Crippen LogP contribution in [0.4, 0.5) is 13.2 Å². The fourth-order valence-electron chi connectivity index (χ4n) is 4.29. The van der Waals surface area contributed by atoms with E-state index in [0.717, 1.165) is 32.8 Å². The fraction of sp³-hybridized carbons (Fsp3) is 0.550. The van der Waals surface area contributed by atoms with E-state index in [0.29, 0.717) is 6.42 Å². The molecule has 142 valence electrons. The number of ether oxygens (including phenoxy) is 2. The van der Waals surface area contributed by atoms with Crippen LogP contribution >= 0.6 is 0 Å². The van der Waals surface area contributed by atoms with E-state index in [2.05, 4.69) is 6.08 Å². The number of benzene rings is 1. The normalized spacial score (nSPS) is 28.0. The molecule has 3 nitrogen and oxygen atoms in total. The van der Waals surface area contributed by atoms with Crippen LogP contribution in [0, 0.1) is 5.41 Å². The van der Waals surface area contributed by atoms with Crippen molar-refractivity contribution in [1.82, 2.24) is 0 Å².